The lowest BCUT2D eigenvalue weighted by molar-refractivity contribution is 0.669. The molecule has 0 saturated carbocycles. The minimum atomic E-state index is 0.854. The first-order chi connectivity index (χ1) is 25.3. The van der Waals surface area contributed by atoms with E-state index in [0.29, 0.717) is 0 Å². The van der Waals surface area contributed by atoms with Crippen molar-refractivity contribution in [1.29, 1.82) is 0 Å². The first-order valence-electron chi connectivity index (χ1n) is 17.3. The van der Waals surface area contributed by atoms with Crippen LogP contribution in [-0.2, 0) is 0 Å². The summed E-state index contributed by atoms with van der Waals surface area (Å²) in [6, 6.07) is 66.2. The van der Waals surface area contributed by atoms with Gasteiger partial charge in [0.15, 0.2) is 0 Å². The Kier molecular flexibility index (Phi) is 6.81. The summed E-state index contributed by atoms with van der Waals surface area (Å²) in [5.74, 6) is 0. The molecule has 0 aliphatic rings. The molecule has 2 aromatic heterocycles. The standard InChI is InChI=1S/C48H31NO2/c1-3-13-32(14-4-1)35-27-30-37(33-15-5-2-6-16-33)43(31-35)49(42-21-12-24-46-47(42)41-18-8-10-23-45(41)50-46)36-28-25-34(26-29-36)38-19-11-20-40-39-17-7-9-22-44(39)51-48(38)40/h1-31H. The maximum atomic E-state index is 6.43. The van der Waals surface area contributed by atoms with Gasteiger partial charge in [0.1, 0.15) is 22.3 Å². The van der Waals surface area contributed by atoms with Gasteiger partial charge in [-0.05, 0) is 64.7 Å². The van der Waals surface area contributed by atoms with Crippen LogP contribution in [0.5, 0.6) is 0 Å². The Hall–Kier alpha value is -6.84. The number of furan rings is 2. The third-order valence-electron chi connectivity index (χ3n) is 9.89. The van der Waals surface area contributed by atoms with E-state index in [2.05, 4.69) is 169 Å². The van der Waals surface area contributed by atoms with E-state index < -0.39 is 0 Å². The Morgan fingerprint density at radius 3 is 1.71 bits per heavy atom. The summed E-state index contributed by atoms with van der Waals surface area (Å²) in [6.07, 6.45) is 0. The Balaban J connectivity index is 1.22. The van der Waals surface area contributed by atoms with Gasteiger partial charge in [-0.1, -0.05) is 146 Å². The average Bonchev–Trinajstić information content (AvgIpc) is 3.78. The lowest BCUT2D eigenvalue weighted by atomic mass is 9.96. The zero-order valence-corrected chi connectivity index (χ0v) is 27.7. The molecule has 0 bridgehead atoms. The molecule has 0 saturated heterocycles. The SMILES string of the molecule is c1ccc(-c2ccc(-c3ccccc3)c(N(c3ccc(-c4cccc5c4oc4ccccc45)cc3)c3cccc4oc5ccccc5c34)c2)cc1. The van der Waals surface area contributed by atoms with Crippen LogP contribution in [0.2, 0.25) is 0 Å². The summed E-state index contributed by atoms with van der Waals surface area (Å²) >= 11 is 0. The van der Waals surface area contributed by atoms with Crippen molar-refractivity contribution >= 4 is 60.9 Å². The van der Waals surface area contributed by atoms with Crippen LogP contribution in [0.25, 0.3) is 77.3 Å². The van der Waals surface area contributed by atoms with Crippen molar-refractivity contribution in [1.82, 2.24) is 0 Å². The summed E-state index contributed by atoms with van der Waals surface area (Å²) in [5.41, 5.74) is 13.4. The van der Waals surface area contributed by atoms with E-state index in [1.165, 1.54) is 5.56 Å². The molecule has 51 heavy (non-hydrogen) atoms. The Morgan fingerprint density at radius 1 is 0.333 bits per heavy atom. The van der Waals surface area contributed by atoms with Crippen molar-refractivity contribution < 1.29 is 8.83 Å². The molecule has 0 spiro atoms. The Bertz CT molecular complexity index is 2850. The summed E-state index contributed by atoms with van der Waals surface area (Å²) in [5, 5.41) is 4.41. The molecule has 10 rings (SSSR count). The second-order valence-electron chi connectivity index (χ2n) is 12.9. The van der Waals surface area contributed by atoms with Crippen LogP contribution in [0.15, 0.2) is 197 Å². The van der Waals surface area contributed by atoms with E-state index in [9.17, 15) is 0 Å². The Morgan fingerprint density at radius 2 is 0.922 bits per heavy atom. The van der Waals surface area contributed by atoms with Crippen molar-refractivity contribution in [3.8, 4) is 33.4 Å². The lowest BCUT2D eigenvalue weighted by Gasteiger charge is -2.29. The zero-order valence-electron chi connectivity index (χ0n) is 27.7. The van der Waals surface area contributed by atoms with Crippen molar-refractivity contribution in [2.75, 3.05) is 4.90 Å². The van der Waals surface area contributed by atoms with Gasteiger partial charge >= 0.3 is 0 Å². The quantitative estimate of drug-likeness (QED) is 0.179. The van der Waals surface area contributed by atoms with Crippen LogP contribution in [0.4, 0.5) is 17.1 Å². The number of rotatable bonds is 6. The fraction of sp³-hybridized carbons (Fsp3) is 0. The van der Waals surface area contributed by atoms with Gasteiger partial charge in [-0.15, -0.1) is 0 Å². The molecule has 10 aromatic rings. The van der Waals surface area contributed by atoms with Crippen molar-refractivity contribution in [2.45, 2.75) is 0 Å². The van der Waals surface area contributed by atoms with Gasteiger partial charge in [-0.3, -0.25) is 0 Å². The smallest absolute Gasteiger partial charge is 0.143 e. The second-order valence-corrected chi connectivity index (χ2v) is 12.9. The van der Waals surface area contributed by atoms with E-state index in [-0.39, 0.29) is 0 Å². The topological polar surface area (TPSA) is 29.5 Å². The van der Waals surface area contributed by atoms with Crippen LogP contribution in [0, 0.1) is 0 Å². The highest BCUT2D eigenvalue weighted by Crippen LogP contribution is 2.47. The number of anilines is 3. The molecule has 2 heterocycles. The van der Waals surface area contributed by atoms with Crippen LogP contribution in [0.3, 0.4) is 0 Å². The minimum Gasteiger partial charge on any atom is -0.456 e. The maximum Gasteiger partial charge on any atom is 0.143 e. The van der Waals surface area contributed by atoms with Gasteiger partial charge in [-0.25, -0.2) is 0 Å². The van der Waals surface area contributed by atoms with Crippen LogP contribution >= 0.6 is 0 Å². The highest BCUT2D eigenvalue weighted by atomic mass is 16.3. The van der Waals surface area contributed by atoms with Gasteiger partial charge in [0.25, 0.3) is 0 Å². The maximum absolute atomic E-state index is 6.43. The van der Waals surface area contributed by atoms with Gasteiger partial charge < -0.3 is 13.7 Å². The zero-order chi connectivity index (χ0) is 33.7. The number of benzene rings is 8. The van der Waals surface area contributed by atoms with Crippen molar-refractivity contribution in [2.24, 2.45) is 0 Å². The number of fused-ring (bicyclic) bond motifs is 6. The largest absolute Gasteiger partial charge is 0.456 e. The number of hydrogen-bond donors (Lipinski definition) is 0. The van der Waals surface area contributed by atoms with Gasteiger partial charge in [0, 0.05) is 33.0 Å². The lowest BCUT2D eigenvalue weighted by Crippen LogP contribution is -2.12. The molecule has 3 nitrogen and oxygen atoms in total. The normalized spacial score (nSPS) is 11.5. The summed E-state index contributed by atoms with van der Waals surface area (Å²) in [4.78, 5) is 2.39. The molecular weight excluding hydrogens is 623 g/mol. The number of nitrogens with zero attached hydrogens (tertiary/aromatic N) is 1. The first kappa shape index (κ1) is 29.1. The number of hydrogen-bond acceptors (Lipinski definition) is 3. The fourth-order valence-corrected chi connectivity index (χ4v) is 7.50. The Labute approximate surface area is 295 Å². The van der Waals surface area contributed by atoms with Crippen LogP contribution < -0.4 is 4.90 Å². The van der Waals surface area contributed by atoms with Gasteiger partial charge in [0.2, 0.25) is 0 Å². The molecular formula is C48H31NO2. The van der Waals surface area contributed by atoms with E-state index in [4.69, 9.17) is 8.83 Å². The molecule has 8 aromatic carbocycles. The first-order valence-corrected chi connectivity index (χ1v) is 17.3. The van der Waals surface area contributed by atoms with Crippen LogP contribution in [0.1, 0.15) is 0 Å². The van der Waals surface area contributed by atoms with E-state index in [1.54, 1.807) is 0 Å². The molecule has 0 radical (unpaired) electrons. The minimum absolute atomic E-state index is 0.854. The molecule has 0 unspecified atom stereocenters. The van der Waals surface area contributed by atoms with Gasteiger partial charge in [-0.2, -0.15) is 0 Å². The molecule has 0 atom stereocenters. The highest BCUT2D eigenvalue weighted by Gasteiger charge is 2.23. The van der Waals surface area contributed by atoms with E-state index in [1.807, 2.05) is 24.3 Å². The van der Waals surface area contributed by atoms with Crippen molar-refractivity contribution in [3.63, 3.8) is 0 Å². The predicted octanol–water partition coefficient (Wildman–Crippen LogP) is 14.0. The molecule has 0 amide bonds. The van der Waals surface area contributed by atoms with Crippen LogP contribution in [-0.4, -0.2) is 0 Å². The number of para-hydroxylation sites is 3. The average molecular weight is 654 g/mol. The molecule has 240 valence electrons. The molecule has 0 aliphatic heterocycles. The van der Waals surface area contributed by atoms with E-state index in [0.717, 1.165) is 88.8 Å². The molecule has 0 N–H and O–H groups in total. The second kappa shape index (κ2) is 11.9. The monoisotopic (exact) mass is 653 g/mol. The molecule has 3 heteroatoms. The predicted molar refractivity (Wildman–Crippen MR) is 212 cm³/mol. The third-order valence-corrected chi connectivity index (χ3v) is 9.89. The highest BCUT2D eigenvalue weighted by molar-refractivity contribution is 6.14. The summed E-state index contributed by atoms with van der Waals surface area (Å²) in [7, 11) is 0. The van der Waals surface area contributed by atoms with Crippen molar-refractivity contribution in [3.05, 3.63) is 188 Å². The summed E-state index contributed by atoms with van der Waals surface area (Å²) < 4.78 is 12.9. The third kappa shape index (κ3) is 4.90. The van der Waals surface area contributed by atoms with Gasteiger partial charge in [0.05, 0.1) is 16.8 Å². The fourth-order valence-electron chi connectivity index (χ4n) is 7.50. The molecule has 0 fully saturated rings. The summed E-state index contributed by atoms with van der Waals surface area (Å²) in [6.45, 7) is 0. The molecule has 0 aliphatic carbocycles. The van der Waals surface area contributed by atoms with E-state index >= 15 is 0 Å².